The van der Waals surface area contributed by atoms with Gasteiger partial charge in [0.2, 0.25) is 5.43 Å². The van der Waals surface area contributed by atoms with E-state index in [9.17, 15) is 9.59 Å². The van der Waals surface area contributed by atoms with Gasteiger partial charge in [-0.05, 0) is 7.05 Å². The first-order chi connectivity index (χ1) is 9.97. The number of hydrogen-bond donors (Lipinski definition) is 1. The van der Waals surface area contributed by atoms with Crippen molar-refractivity contribution in [2.24, 2.45) is 7.05 Å². The fourth-order valence-electron chi connectivity index (χ4n) is 2.41. The topological polar surface area (TPSA) is 78.7 Å². The van der Waals surface area contributed by atoms with E-state index >= 15 is 0 Å². The maximum Gasteiger partial charge on any atom is 0.341 e. The van der Waals surface area contributed by atoms with Crippen LogP contribution in [-0.4, -0.2) is 58.8 Å². The Morgan fingerprint density at radius 1 is 1.29 bits per heavy atom. The molecule has 0 spiro atoms. The van der Waals surface area contributed by atoms with Crippen LogP contribution in [0.1, 0.15) is 10.4 Å². The molecule has 2 aromatic rings. The highest BCUT2D eigenvalue weighted by atomic mass is 32.1. The van der Waals surface area contributed by atoms with Gasteiger partial charge in [-0.15, -0.1) is 0 Å². The summed E-state index contributed by atoms with van der Waals surface area (Å²) in [5, 5.41) is 9.87. The molecule has 0 radical (unpaired) electrons. The molecule has 112 valence electrons. The van der Waals surface area contributed by atoms with E-state index < -0.39 is 11.4 Å². The van der Waals surface area contributed by atoms with Crippen LogP contribution in [0.25, 0.3) is 10.3 Å². The number of nitrogens with zero attached hydrogens (tertiary/aromatic N) is 4. The van der Waals surface area contributed by atoms with Gasteiger partial charge < -0.3 is 19.5 Å². The van der Waals surface area contributed by atoms with Gasteiger partial charge in [-0.2, -0.15) is 0 Å². The summed E-state index contributed by atoms with van der Waals surface area (Å²) >= 11 is 1.43. The van der Waals surface area contributed by atoms with Crippen molar-refractivity contribution < 1.29 is 9.90 Å². The molecule has 2 aromatic heterocycles. The second-order valence-electron chi connectivity index (χ2n) is 5.23. The number of pyridine rings is 1. The average Bonchev–Trinajstić information content (AvgIpc) is 2.89. The first-order valence-electron chi connectivity index (χ1n) is 6.64. The lowest BCUT2D eigenvalue weighted by Gasteiger charge is -2.31. The summed E-state index contributed by atoms with van der Waals surface area (Å²) in [5.74, 6) is -1.22. The van der Waals surface area contributed by atoms with Crippen molar-refractivity contribution in [3.63, 3.8) is 0 Å². The van der Waals surface area contributed by atoms with Crippen LogP contribution < -0.4 is 10.3 Å². The Morgan fingerprint density at radius 3 is 2.57 bits per heavy atom. The number of fused-ring (bicyclic) bond motifs is 1. The maximum atomic E-state index is 12.2. The predicted octanol–water partition coefficient (Wildman–Crippen LogP) is 0.445. The number of hydrogen-bond acceptors (Lipinski definition) is 6. The quantitative estimate of drug-likeness (QED) is 0.867. The van der Waals surface area contributed by atoms with Crippen LogP contribution in [-0.2, 0) is 7.05 Å². The van der Waals surface area contributed by atoms with E-state index in [2.05, 4.69) is 21.8 Å². The lowest BCUT2D eigenvalue weighted by atomic mass is 10.2. The highest BCUT2D eigenvalue weighted by molar-refractivity contribution is 7.21. The van der Waals surface area contributed by atoms with Gasteiger partial charge in [0.25, 0.3) is 0 Å². The molecule has 0 amide bonds. The van der Waals surface area contributed by atoms with Crippen molar-refractivity contribution in [1.29, 1.82) is 0 Å². The third-order valence-electron chi connectivity index (χ3n) is 3.70. The second-order valence-corrected chi connectivity index (χ2v) is 6.18. The molecule has 3 heterocycles. The molecule has 0 saturated carbocycles. The standard InChI is InChI=1S/C13H16N4O3S/c1-15-3-5-17(6-4-15)13-14-9-10(18)8(12(19)20)7-16(2)11(9)21-13/h7H,3-6H2,1-2H3,(H,19,20). The van der Waals surface area contributed by atoms with E-state index in [1.165, 1.54) is 17.5 Å². The second kappa shape index (κ2) is 5.12. The zero-order valence-electron chi connectivity index (χ0n) is 11.9. The van der Waals surface area contributed by atoms with Gasteiger partial charge >= 0.3 is 5.97 Å². The summed E-state index contributed by atoms with van der Waals surface area (Å²) in [6.07, 6.45) is 1.36. The summed E-state index contributed by atoms with van der Waals surface area (Å²) in [6, 6.07) is 0. The highest BCUT2D eigenvalue weighted by Crippen LogP contribution is 2.27. The van der Waals surface area contributed by atoms with Crippen molar-refractivity contribution in [2.45, 2.75) is 0 Å². The smallest absolute Gasteiger partial charge is 0.341 e. The number of piperazine rings is 1. The molecule has 8 heteroatoms. The molecular weight excluding hydrogens is 292 g/mol. The molecule has 3 rings (SSSR count). The summed E-state index contributed by atoms with van der Waals surface area (Å²) < 4.78 is 1.66. The van der Waals surface area contributed by atoms with Gasteiger partial charge in [0.1, 0.15) is 15.9 Å². The van der Waals surface area contributed by atoms with Crippen LogP contribution in [0.4, 0.5) is 5.13 Å². The largest absolute Gasteiger partial charge is 0.477 e. The molecule has 0 bridgehead atoms. The van der Waals surface area contributed by atoms with E-state index in [0.29, 0.717) is 4.83 Å². The number of thiazole rings is 1. The van der Waals surface area contributed by atoms with E-state index in [4.69, 9.17) is 5.11 Å². The number of carboxylic acids is 1. The minimum absolute atomic E-state index is 0.236. The first-order valence-corrected chi connectivity index (χ1v) is 7.46. The van der Waals surface area contributed by atoms with Gasteiger partial charge in [0, 0.05) is 39.4 Å². The molecule has 21 heavy (non-hydrogen) atoms. The fraction of sp³-hybridized carbons (Fsp3) is 0.462. The van der Waals surface area contributed by atoms with Crippen LogP contribution in [0.3, 0.4) is 0 Å². The number of aromatic carboxylic acids is 1. The van der Waals surface area contributed by atoms with Gasteiger partial charge in [-0.3, -0.25) is 4.79 Å². The monoisotopic (exact) mass is 308 g/mol. The average molecular weight is 308 g/mol. The van der Waals surface area contributed by atoms with Gasteiger partial charge in [0.05, 0.1) is 0 Å². The molecule has 1 aliphatic rings. The minimum atomic E-state index is -1.22. The summed E-state index contributed by atoms with van der Waals surface area (Å²) in [7, 11) is 3.81. The Balaban J connectivity index is 2.08. The van der Waals surface area contributed by atoms with Crippen LogP contribution in [0.15, 0.2) is 11.0 Å². The molecular formula is C13H16N4O3S. The first kappa shape index (κ1) is 14.0. The zero-order chi connectivity index (χ0) is 15.1. The summed E-state index contributed by atoms with van der Waals surface area (Å²) in [4.78, 5) is 32.8. The van der Waals surface area contributed by atoms with Gasteiger partial charge in [-0.25, -0.2) is 9.78 Å². The Kier molecular flexibility index (Phi) is 3.42. The number of anilines is 1. The molecule has 1 N–H and O–H groups in total. The van der Waals surface area contributed by atoms with Crippen molar-refractivity contribution in [1.82, 2.24) is 14.5 Å². The Labute approximate surface area is 125 Å². The predicted molar refractivity (Wildman–Crippen MR) is 81.5 cm³/mol. The van der Waals surface area contributed by atoms with E-state index in [0.717, 1.165) is 31.3 Å². The number of aromatic nitrogens is 2. The molecule has 7 nitrogen and oxygen atoms in total. The lowest BCUT2D eigenvalue weighted by Crippen LogP contribution is -2.44. The van der Waals surface area contributed by atoms with E-state index in [1.54, 1.807) is 11.6 Å². The van der Waals surface area contributed by atoms with Crippen molar-refractivity contribution in [3.8, 4) is 0 Å². The molecule has 0 aromatic carbocycles. The SMILES string of the molecule is CN1CCN(c2nc3c(=O)c(C(=O)O)cn(C)c3s2)CC1. The fourth-order valence-corrected chi connectivity index (χ4v) is 3.47. The van der Waals surface area contributed by atoms with Crippen LogP contribution in [0, 0.1) is 0 Å². The van der Waals surface area contributed by atoms with Crippen molar-refractivity contribution >= 4 is 32.8 Å². The number of carbonyl (C=O) groups is 1. The van der Waals surface area contributed by atoms with Crippen LogP contribution in [0.5, 0.6) is 0 Å². The number of aryl methyl sites for hydroxylation is 1. The lowest BCUT2D eigenvalue weighted by molar-refractivity contribution is 0.0695. The van der Waals surface area contributed by atoms with Crippen LogP contribution in [0.2, 0.25) is 0 Å². The summed E-state index contributed by atoms with van der Waals surface area (Å²) in [6.45, 7) is 3.62. The summed E-state index contributed by atoms with van der Waals surface area (Å²) in [5.41, 5.74) is -0.496. The molecule has 1 fully saturated rings. The minimum Gasteiger partial charge on any atom is -0.477 e. The highest BCUT2D eigenvalue weighted by Gasteiger charge is 2.21. The molecule has 0 aliphatic carbocycles. The molecule has 0 atom stereocenters. The van der Waals surface area contributed by atoms with E-state index in [-0.39, 0.29) is 11.1 Å². The zero-order valence-corrected chi connectivity index (χ0v) is 12.7. The van der Waals surface area contributed by atoms with Crippen molar-refractivity contribution in [3.05, 3.63) is 22.0 Å². The van der Waals surface area contributed by atoms with E-state index in [1.807, 2.05) is 0 Å². The molecule has 0 unspecified atom stereocenters. The Bertz CT molecular complexity index is 759. The third-order valence-corrected chi connectivity index (χ3v) is 4.91. The number of carboxylic acid groups (broad SMARTS) is 1. The van der Waals surface area contributed by atoms with Crippen LogP contribution >= 0.6 is 11.3 Å². The van der Waals surface area contributed by atoms with Gasteiger partial charge in [-0.1, -0.05) is 11.3 Å². The molecule has 1 saturated heterocycles. The normalized spacial score (nSPS) is 16.6. The number of likely N-dealkylation sites (N-methyl/N-ethyl adjacent to an activating group) is 1. The molecule has 1 aliphatic heterocycles. The number of rotatable bonds is 2. The third kappa shape index (κ3) is 2.40. The van der Waals surface area contributed by atoms with Crippen molar-refractivity contribution in [2.75, 3.05) is 38.1 Å². The Hall–Kier alpha value is -1.93. The Morgan fingerprint density at radius 2 is 1.95 bits per heavy atom. The van der Waals surface area contributed by atoms with Gasteiger partial charge in [0.15, 0.2) is 5.13 Å². The maximum absolute atomic E-state index is 12.2.